The molecule has 1 unspecified atom stereocenters. The summed E-state index contributed by atoms with van der Waals surface area (Å²) in [6, 6.07) is 20.4. The number of rotatable bonds is 4. The SMILES string of the molecule is CC[SiH](CC)C1CNc2cccc(-c3ccccc3)c2C1. The quantitative estimate of drug-likeness (QED) is 0.786. The lowest BCUT2D eigenvalue weighted by Gasteiger charge is -2.32. The first-order chi connectivity index (χ1) is 10.3. The van der Waals surface area contributed by atoms with Crippen LogP contribution in [0.4, 0.5) is 5.69 Å². The van der Waals surface area contributed by atoms with E-state index in [9.17, 15) is 0 Å². The van der Waals surface area contributed by atoms with Crippen LogP contribution in [-0.2, 0) is 6.42 Å². The molecule has 1 nitrogen and oxygen atoms in total. The molecular weight excluding hydrogens is 270 g/mol. The molecule has 0 radical (unpaired) electrons. The van der Waals surface area contributed by atoms with E-state index in [1.165, 1.54) is 41.9 Å². The van der Waals surface area contributed by atoms with Crippen molar-refractivity contribution in [2.45, 2.75) is 37.9 Å². The van der Waals surface area contributed by atoms with Crippen molar-refractivity contribution in [3.63, 3.8) is 0 Å². The molecule has 0 saturated heterocycles. The summed E-state index contributed by atoms with van der Waals surface area (Å²) in [7, 11) is -0.609. The maximum atomic E-state index is 3.71. The van der Waals surface area contributed by atoms with Gasteiger partial charge in [-0.05, 0) is 34.7 Å². The Morgan fingerprint density at radius 3 is 2.48 bits per heavy atom. The Kier molecular flexibility index (Phi) is 4.44. The molecule has 1 heterocycles. The first-order valence-electron chi connectivity index (χ1n) is 8.24. The highest BCUT2D eigenvalue weighted by molar-refractivity contribution is 6.60. The number of hydrogen-bond acceptors (Lipinski definition) is 1. The molecule has 0 saturated carbocycles. The third-order valence-corrected chi connectivity index (χ3v) is 8.90. The van der Waals surface area contributed by atoms with Crippen molar-refractivity contribution in [3.8, 4) is 11.1 Å². The van der Waals surface area contributed by atoms with E-state index in [0.717, 1.165) is 5.54 Å². The van der Waals surface area contributed by atoms with Crippen LogP contribution in [0.2, 0.25) is 17.6 Å². The van der Waals surface area contributed by atoms with E-state index in [1.54, 1.807) is 5.56 Å². The van der Waals surface area contributed by atoms with Gasteiger partial charge in [0.15, 0.2) is 0 Å². The molecule has 3 rings (SSSR count). The van der Waals surface area contributed by atoms with Gasteiger partial charge in [0.2, 0.25) is 0 Å². The van der Waals surface area contributed by atoms with Crippen LogP contribution < -0.4 is 5.32 Å². The highest BCUT2D eigenvalue weighted by Gasteiger charge is 2.26. The van der Waals surface area contributed by atoms with Crippen molar-refractivity contribution in [2.75, 3.05) is 11.9 Å². The van der Waals surface area contributed by atoms with E-state index in [4.69, 9.17) is 0 Å². The molecule has 1 aliphatic rings. The van der Waals surface area contributed by atoms with Crippen molar-refractivity contribution >= 4 is 14.5 Å². The molecule has 110 valence electrons. The van der Waals surface area contributed by atoms with Gasteiger partial charge in [-0.25, -0.2) is 0 Å². The standard InChI is InChI=1S/C19H25NSi/c1-3-21(4-2)16-13-18-17(15-9-6-5-7-10-15)11-8-12-19(18)20-14-16/h5-12,16,20-21H,3-4,13-14H2,1-2H3. The highest BCUT2D eigenvalue weighted by atomic mass is 28.3. The van der Waals surface area contributed by atoms with Crippen LogP contribution in [0.15, 0.2) is 48.5 Å². The van der Waals surface area contributed by atoms with Crippen LogP contribution in [0, 0.1) is 0 Å². The lowest BCUT2D eigenvalue weighted by Crippen LogP contribution is -2.30. The molecule has 1 aliphatic heterocycles. The largest absolute Gasteiger partial charge is 0.385 e. The molecule has 1 N–H and O–H groups in total. The predicted octanol–water partition coefficient (Wildman–Crippen LogP) is 4.96. The Hall–Kier alpha value is -1.54. The molecular formula is C19H25NSi. The molecule has 0 bridgehead atoms. The van der Waals surface area contributed by atoms with Crippen LogP contribution in [-0.4, -0.2) is 15.3 Å². The Morgan fingerprint density at radius 2 is 1.76 bits per heavy atom. The molecule has 1 atom stereocenters. The van der Waals surface area contributed by atoms with Gasteiger partial charge >= 0.3 is 0 Å². The smallest absolute Gasteiger partial charge is 0.0419 e. The van der Waals surface area contributed by atoms with Gasteiger partial charge in [-0.2, -0.15) is 0 Å². The van der Waals surface area contributed by atoms with Gasteiger partial charge in [0, 0.05) is 21.0 Å². The summed E-state index contributed by atoms with van der Waals surface area (Å²) in [5, 5.41) is 3.71. The summed E-state index contributed by atoms with van der Waals surface area (Å²) in [6.07, 6.45) is 1.27. The van der Waals surface area contributed by atoms with E-state index in [2.05, 4.69) is 67.7 Å². The van der Waals surface area contributed by atoms with Crippen LogP contribution in [0.3, 0.4) is 0 Å². The lowest BCUT2D eigenvalue weighted by molar-refractivity contribution is 0.797. The zero-order valence-electron chi connectivity index (χ0n) is 13.1. The molecule has 2 aromatic carbocycles. The van der Waals surface area contributed by atoms with Crippen LogP contribution in [0.25, 0.3) is 11.1 Å². The molecule has 2 aromatic rings. The molecule has 0 fully saturated rings. The minimum absolute atomic E-state index is 0.609. The van der Waals surface area contributed by atoms with Gasteiger partial charge in [-0.3, -0.25) is 0 Å². The molecule has 2 heteroatoms. The maximum Gasteiger partial charge on any atom is 0.0419 e. The van der Waals surface area contributed by atoms with Crippen LogP contribution in [0.1, 0.15) is 19.4 Å². The highest BCUT2D eigenvalue weighted by Crippen LogP contribution is 2.37. The van der Waals surface area contributed by atoms with Crippen LogP contribution in [0.5, 0.6) is 0 Å². The third-order valence-electron chi connectivity index (χ3n) is 5.00. The molecule has 0 amide bonds. The topological polar surface area (TPSA) is 12.0 Å². The Morgan fingerprint density at radius 1 is 1.00 bits per heavy atom. The van der Waals surface area contributed by atoms with Gasteiger partial charge < -0.3 is 5.32 Å². The molecule has 0 aliphatic carbocycles. The number of benzene rings is 2. The van der Waals surface area contributed by atoms with Gasteiger partial charge in [0.1, 0.15) is 0 Å². The molecule has 0 aromatic heterocycles. The van der Waals surface area contributed by atoms with E-state index < -0.39 is 8.80 Å². The van der Waals surface area contributed by atoms with Crippen molar-refractivity contribution in [1.29, 1.82) is 0 Å². The molecule has 21 heavy (non-hydrogen) atoms. The van der Waals surface area contributed by atoms with E-state index >= 15 is 0 Å². The second-order valence-electron chi connectivity index (χ2n) is 6.12. The minimum Gasteiger partial charge on any atom is -0.385 e. The second-order valence-corrected chi connectivity index (χ2v) is 10.2. The number of nitrogens with one attached hydrogen (secondary N) is 1. The summed E-state index contributed by atoms with van der Waals surface area (Å²) >= 11 is 0. The number of fused-ring (bicyclic) bond motifs is 1. The lowest BCUT2D eigenvalue weighted by atomic mass is 9.93. The van der Waals surface area contributed by atoms with E-state index in [0.29, 0.717) is 0 Å². The van der Waals surface area contributed by atoms with Crippen molar-refractivity contribution in [3.05, 3.63) is 54.1 Å². The Balaban J connectivity index is 1.96. The van der Waals surface area contributed by atoms with Crippen molar-refractivity contribution in [1.82, 2.24) is 0 Å². The fourth-order valence-corrected chi connectivity index (χ4v) is 6.66. The van der Waals surface area contributed by atoms with Gasteiger partial charge in [-0.15, -0.1) is 0 Å². The van der Waals surface area contributed by atoms with Gasteiger partial charge in [-0.1, -0.05) is 68.4 Å². The van der Waals surface area contributed by atoms with Gasteiger partial charge in [0.05, 0.1) is 0 Å². The zero-order valence-corrected chi connectivity index (χ0v) is 14.3. The summed E-state index contributed by atoms with van der Waals surface area (Å²) in [5.41, 5.74) is 6.57. The van der Waals surface area contributed by atoms with Crippen molar-refractivity contribution in [2.24, 2.45) is 0 Å². The van der Waals surface area contributed by atoms with E-state index in [1.807, 2.05) is 0 Å². The zero-order chi connectivity index (χ0) is 14.7. The third kappa shape index (κ3) is 2.91. The van der Waals surface area contributed by atoms with Gasteiger partial charge in [0.25, 0.3) is 0 Å². The predicted molar refractivity (Wildman–Crippen MR) is 95.9 cm³/mol. The summed E-state index contributed by atoms with van der Waals surface area (Å²) in [5.74, 6) is 0. The molecule has 0 spiro atoms. The maximum absolute atomic E-state index is 3.71. The normalized spacial score (nSPS) is 17.4. The Labute approximate surface area is 130 Å². The second kappa shape index (κ2) is 6.48. The summed E-state index contributed by atoms with van der Waals surface area (Å²) in [6.45, 7) is 5.96. The fourth-order valence-electron chi connectivity index (χ4n) is 3.72. The number of hydrogen-bond donors (Lipinski definition) is 1. The average Bonchev–Trinajstić information content (AvgIpc) is 2.56. The monoisotopic (exact) mass is 295 g/mol. The van der Waals surface area contributed by atoms with Crippen molar-refractivity contribution < 1.29 is 0 Å². The minimum atomic E-state index is -0.609. The summed E-state index contributed by atoms with van der Waals surface area (Å²) in [4.78, 5) is 0. The number of anilines is 1. The summed E-state index contributed by atoms with van der Waals surface area (Å²) < 4.78 is 0. The first-order valence-corrected chi connectivity index (χ1v) is 10.5. The fraction of sp³-hybridized carbons (Fsp3) is 0.368. The van der Waals surface area contributed by atoms with Crippen LogP contribution >= 0.6 is 0 Å². The first kappa shape index (κ1) is 14.4. The van der Waals surface area contributed by atoms with E-state index in [-0.39, 0.29) is 0 Å². The average molecular weight is 296 g/mol. The Bertz CT molecular complexity index is 590.